The number of ether oxygens (including phenoxy) is 2. The average Bonchev–Trinajstić information content (AvgIpc) is 2.69. The highest BCUT2D eigenvalue weighted by molar-refractivity contribution is 7.80. The van der Waals surface area contributed by atoms with Gasteiger partial charge in [0.1, 0.15) is 23.1 Å². The van der Waals surface area contributed by atoms with Crippen molar-refractivity contribution in [3.63, 3.8) is 0 Å². The molecule has 26 heavy (non-hydrogen) atoms. The predicted octanol–water partition coefficient (Wildman–Crippen LogP) is 2.56. The van der Waals surface area contributed by atoms with E-state index in [1.807, 2.05) is 29.7 Å². The van der Waals surface area contributed by atoms with Gasteiger partial charge in [-0.05, 0) is 48.0 Å². The fraction of sp³-hybridized carbons (Fsp3) is 0.158. The van der Waals surface area contributed by atoms with Crippen LogP contribution in [0.4, 0.5) is 0 Å². The molecule has 0 aliphatic heterocycles. The fourth-order valence-corrected chi connectivity index (χ4v) is 2.22. The molecule has 0 aliphatic rings. The first kappa shape index (κ1) is 19.4. The predicted molar refractivity (Wildman–Crippen MR) is 104 cm³/mol. The van der Waals surface area contributed by atoms with Gasteiger partial charge >= 0.3 is 0 Å². The van der Waals surface area contributed by atoms with Crippen molar-refractivity contribution in [2.45, 2.75) is 0 Å². The highest BCUT2D eigenvalue weighted by Gasteiger charge is 2.01. The maximum Gasteiger partial charge on any atom is 0.244 e. The van der Waals surface area contributed by atoms with Gasteiger partial charge in [-0.25, -0.2) is 0 Å². The smallest absolute Gasteiger partial charge is 0.244 e. The summed E-state index contributed by atoms with van der Waals surface area (Å²) in [5.41, 5.74) is 3.49. The van der Waals surface area contributed by atoms with E-state index < -0.39 is 0 Å². The van der Waals surface area contributed by atoms with E-state index in [1.165, 1.54) is 6.08 Å². The maximum atomic E-state index is 11.8. The standard InChI is InChI=1S/C19H20N2O4S/c1-24-17-4-2-3-14(13-17)5-10-18(22)20-11-12-25-16-8-6-15(7-9-16)19(26)21-23/h2-10,13,23H,11-12H2,1H3,(H,20,22)(H,21,26)/b10-5+. The number of nitrogens with one attached hydrogen (secondary N) is 2. The average molecular weight is 372 g/mol. The summed E-state index contributed by atoms with van der Waals surface area (Å²) in [6.45, 7) is 0.709. The topological polar surface area (TPSA) is 79.8 Å². The Bertz CT molecular complexity index is 775. The molecule has 7 heteroatoms. The normalized spacial score (nSPS) is 10.4. The molecule has 0 fully saturated rings. The second-order valence-corrected chi connectivity index (χ2v) is 5.62. The van der Waals surface area contributed by atoms with Gasteiger partial charge in [-0.2, -0.15) is 0 Å². The van der Waals surface area contributed by atoms with Gasteiger partial charge in [0.05, 0.1) is 13.7 Å². The molecule has 0 heterocycles. The molecule has 2 aromatic carbocycles. The molecule has 0 saturated heterocycles. The van der Waals surface area contributed by atoms with Crippen LogP contribution in [-0.2, 0) is 4.79 Å². The Morgan fingerprint density at radius 1 is 1.19 bits per heavy atom. The lowest BCUT2D eigenvalue weighted by atomic mass is 10.2. The van der Waals surface area contributed by atoms with Crippen molar-refractivity contribution in [1.82, 2.24) is 10.8 Å². The molecule has 2 aromatic rings. The summed E-state index contributed by atoms with van der Waals surface area (Å²) in [6, 6.07) is 14.4. The maximum absolute atomic E-state index is 11.8. The third-order valence-corrected chi connectivity index (χ3v) is 3.74. The number of methoxy groups -OCH3 is 1. The zero-order valence-electron chi connectivity index (χ0n) is 14.3. The Labute approximate surface area is 157 Å². The summed E-state index contributed by atoms with van der Waals surface area (Å²) < 4.78 is 10.7. The molecule has 0 radical (unpaired) electrons. The van der Waals surface area contributed by atoms with Gasteiger partial charge in [0.25, 0.3) is 0 Å². The zero-order valence-corrected chi connectivity index (χ0v) is 15.1. The van der Waals surface area contributed by atoms with Crippen LogP contribution >= 0.6 is 12.2 Å². The van der Waals surface area contributed by atoms with Gasteiger partial charge in [0, 0.05) is 11.6 Å². The van der Waals surface area contributed by atoms with Crippen molar-refractivity contribution in [2.24, 2.45) is 0 Å². The molecule has 3 N–H and O–H groups in total. The largest absolute Gasteiger partial charge is 0.497 e. The SMILES string of the molecule is COc1cccc(/C=C/C(=O)NCCOc2ccc(C(=S)NO)cc2)c1. The Kier molecular flexibility index (Phi) is 7.60. The molecule has 6 nitrogen and oxygen atoms in total. The zero-order chi connectivity index (χ0) is 18.8. The van der Waals surface area contributed by atoms with Gasteiger partial charge in [-0.15, -0.1) is 0 Å². The highest BCUT2D eigenvalue weighted by atomic mass is 32.1. The van der Waals surface area contributed by atoms with Gasteiger partial charge in [0.2, 0.25) is 5.91 Å². The van der Waals surface area contributed by atoms with E-state index in [4.69, 9.17) is 26.9 Å². The number of carbonyl (C=O) groups is 1. The molecule has 0 atom stereocenters. The van der Waals surface area contributed by atoms with Crippen LogP contribution in [-0.4, -0.2) is 36.4 Å². The molecule has 0 saturated carbocycles. The second kappa shape index (κ2) is 10.2. The molecular formula is C19H20N2O4S. The van der Waals surface area contributed by atoms with Gasteiger partial charge in [-0.1, -0.05) is 24.4 Å². The highest BCUT2D eigenvalue weighted by Crippen LogP contribution is 2.14. The lowest BCUT2D eigenvalue weighted by Crippen LogP contribution is -2.26. The van der Waals surface area contributed by atoms with Crippen LogP contribution in [0.25, 0.3) is 6.08 Å². The quantitative estimate of drug-likeness (QED) is 0.286. The van der Waals surface area contributed by atoms with Crippen LogP contribution in [0.15, 0.2) is 54.6 Å². The first-order valence-electron chi connectivity index (χ1n) is 7.89. The number of carbonyl (C=O) groups excluding carboxylic acids is 1. The van der Waals surface area contributed by atoms with Crippen molar-refractivity contribution in [1.29, 1.82) is 0 Å². The van der Waals surface area contributed by atoms with Crippen molar-refractivity contribution in [3.05, 3.63) is 65.7 Å². The fourth-order valence-electron chi connectivity index (χ4n) is 2.09. The van der Waals surface area contributed by atoms with Crippen molar-refractivity contribution in [2.75, 3.05) is 20.3 Å². The van der Waals surface area contributed by atoms with Crippen LogP contribution in [0.2, 0.25) is 0 Å². The monoisotopic (exact) mass is 372 g/mol. The first-order chi connectivity index (χ1) is 12.6. The lowest BCUT2D eigenvalue weighted by Gasteiger charge is -2.08. The van der Waals surface area contributed by atoms with E-state index in [-0.39, 0.29) is 10.9 Å². The Morgan fingerprint density at radius 2 is 1.96 bits per heavy atom. The molecule has 136 valence electrons. The minimum Gasteiger partial charge on any atom is -0.497 e. The number of hydrogen-bond donors (Lipinski definition) is 3. The molecule has 0 aliphatic carbocycles. The number of hydrogen-bond acceptors (Lipinski definition) is 5. The lowest BCUT2D eigenvalue weighted by molar-refractivity contribution is -0.116. The van der Waals surface area contributed by atoms with Crippen LogP contribution < -0.4 is 20.3 Å². The van der Waals surface area contributed by atoms with E-state index in [2.05, 4.69) is 5.32 Å². The third-order valence-electron chi connectivity index (χ3n) is 3.41. The van der Waals surface area contributed by atoms with Crippen molar-refractivity contribution in [3.8, 4) is 11.5 Å². The van der Waals surface area contributed by atoms with E-state index in [9.17, 15) is 4.79 Å². The van der Waals surface area contributed by atoms with E-state index in [0.29, 0.717) is 24.5 Å². The van der Waals surface area contributed by atoms with E-state index in [0.717, 1.165) is 11.3 Å². The summed E-state index contributed by atoms with van der Waals surface area (Å²) in [5, 5.41) is 11.5. The third kappa shape index (κ3) is 6.19. The van der Waals surface area contributed by atoms with E-state index in [1.54, 1.807) is 37.5 Å². The number of rotatable bonds is 8. The number of thiocarbonyl (C=S) groups is 1. The van der Waals surface area contributed by atoms with Crippen LogP contribution in [0.3, 0.4) is 0 Å². The van der Waals surface area contributed by atoms with Gasteiger partial charge in [-0.3, -0.25) is 15.5 Å². The summed E-state index contributed by atoms with van der Waals surface area (Å²) in [7, 11) is 1.60. The van der Waals surface area contributed by atoms with E-state index >= 15 is 0 Å². The molecule has 0 unspecified atom stereocenters. The minimum absolute atomic E-state index is 0.203. The van der Waals surface area contributed by atoms with Crippen LogP contribution in [0, 0.1) is 0 Å². The van der Waals surface area contributed by atoms with Gasteiger partial charge in [0.15, 0.2) is 0 Å². The van der Waals surface area contributed by atoms with Gasteiger partial charge < -0.3 is 14.8 Å². The molecule has 0 bridgehead atoms. The minimum atomic E-state index is -0.203. The summed E-state index contributed by atoms with van der Waals surface area (Å²) in [4.78, 5) is 12.0. The molecule has 1 amide bonds. The first-order valence-corrected chi connectivity index (χ1v) is 8.30. The van der Waals surface area contributed by atoms with Crippen molar-refractivity contribution < 1.29 is 19.5 Å². The van der Waals surface area contributed by atoms with Crippen LogP contribution in [0.1, 0.15) is 11.1 Å². The molecular weight excluding hydrogens is 352 g/mol. The number of hydroxylamine groups is 1. The summed E-state index contributed by atoms with van der Waals surface area (Å²) in [5.74, 6) is 1.18. The Balaban J connectivity index is 1.72. The Morgan fingerprint density at radius 3 is 2.65 bits per heavy atom. The summed E-state index contributed by atoms with van der Waals surface area (Å²) >= 11 is 4.91. The molecule has 0 spiro atoms. The molecule has 0 aromatic heterocycles. The van der Waals surface area contributed by atoms with Crippen molar-refractivity contribution >= 4 is 29.2 Å². The number of amides is 1. The molecule has 2 rings (SSSR count). The summed E-state index contributed by atoms with van der Waals surface area (Å²) in [6.07, 6.45) is 3.18. The second-order valence-electron chi connectivity index (χ2n) is 5.21. The number of benzene rings is 2. The van der Waals surface area contributed by atoms with Crippen LogP contribution in [0.5, 0.6) is 11.5 Å². The Hall–Kier alpha value is -2.90.